The highest BCUT2D eigenvalue weighted by Gasteiger charge is 2.80. The molecule has 0 saturated carbocycles. The number of hydrogen-bond acceptors (Lipinski definition) is 3. The van der Waals surface area contributed by atoms with Crippen molar-refractivity contribution in [1.82, 2.24) is 0 Å². The first-order valence-electron chi connectivity index (χ1n) is 9.12. The first kappa shape index (κ1) is 22.0. The Balaban J connectivity index is 1.97. The molecule has 2 heterocycles. The zero-order valence-corrected chi connectivity index (χ0v) is 18.2. The van der Waals surface area contributed by atoms with Crippen molar-refractivity contribution >= 4 is 33.8 Å². The van der Waals surface area contributed by atoms with Crippen molar-refractivity contribution in [2.24, 2.45) is 0 Å². The van der Waals surface area contributed by atoms with Crippen LogP contribution in [-0.2, 0) is 0 Å². The zero-order chi connectivity index (χ0) is 22.8. The lowest BCUT2D eigenvalue weighted by atomic mass is 9.95. The third kappa shape index (κ3) is 3.04. The fourth-order valence-corrected chi connectivity index (χ4v) is 5.44. The lowest BCUT2D eigenvalue weighted by Gasteiger charge is -2.25. The number of hydrogen-bond donors (Lipinski definition) is 0. The summed E-state index contributed by atoms with van der Waals surface area (Å²) in [5.74, 6) is -15.0. The number of rotatable bonds is 4. The van der Waals surface area contributed by atoms with Gasteiger partial charge in [0.25, 0.3) is 0 Å². The Hall–Kier alpha value is -2.26. The van der Waals surface area contributed by atoms with Gasteiger partial charge in [-0.1, -0.05) is 0 Å². The second-order valence-electron chi connectivity index (χ2n) is 7.17. The number of allylic oxidation sites excluding steroid dienone is 2. The highest BCUT2D eigenvalue weighted by atomic mass is 32.1. The van der Waals surface area contributed by atoms with E-state index in [1.807, 2.05) is 0 Å². The van der Waals surface area contributed by atoms with Crippen LogP contribution < -0.4 is 4.74 Å². The van der Waals surface area contributed by atoms with Crippen molar-refractivity contribution in [1.29, 1.82) is 0 Å². The first-order chi connectivity index (χ1) is 14.4. The van der Waals surface area contributed by atoms with Gasteiger partial charge in [0, 0.05) is 25.8 Å². The second-order valence-corrected chi connectivity index (χ2v) is 9.55. The van der Waals surface area contributed by atoms with E-state index in [2.05, 4.69) is 0 Å². The second kappa shape index (κ2) is 7.13. The molecule has 0 radical (unpaired) electrons. The molecular weight excluding hydrogens is 458 g/mol. The van der Waals surface area contributed by atoms with Gasteiger partial charge in [-0.05, 0) is 72.3 Å². The number of thiophene rings is 2. The van der Waals surface area contributed by atoms with Crippen LogP contribution in [0.1, 0.15) is 20.9 Å². The Morgan fingerprint density at radius 1 is 0.774 bits per heavy atom. The molecule has 4 rings (SSSR count). The molecule has 0 spiro atoms. The summed E-state index contributed by atoms with van der Waals surface area (Å²) in [6.07, 6.45) is 0. The zero-order valence-electron chi connectivity index (χ0n) is 16.5. The van der Waals surface area contributed by atoms with Crippen LogP contribution in [0.15, 0.2) is 41.8 Å². The molecule has 0 atom stereocenters. The van der Waals surface area contributed by atoms with Crippen molar-refractivity contribution in [3.63, 3.8) is 0 Å². The van der Waals surface area contributed by atoms with Crippen molar-refractivity contribution in [3.05, 3.63) is 62.7 Å². The van der Waals surface area contributed by atoms with E-state index < -0.39 is 28.9 Å². The third-order valence-electron chi connectivity index (χ3n) is 5.36. The smallest absolute Gasteiger partial charge is 0.380 e. The van der Waals surface area contributed by atoms with E-state index in [0.717, 1.165) is 22.7 Å². The fraction of sp³-hybridized carbons (Fsp3) is 0.273. The summed E-state index contributed by atoms with van der Waals surface area (Å²) < 4.78 is 93.4. The molecule has 164 valence electrons. The molecule has 0 bridgehead atoms. The van der Waals surface area contributed by atoms with E-state index >= 15 is 0 Å². The normalized spacial score (nSPS) is 19.1. The van der Waals surface area contributed by atoms with E-state index in [1.54, 1.807) is 24.3 Å². The minimum absolute atomic E-state index is 0.249. The number of alkyl halides is 6. The largest absolute Gasteiger partial charge is 0.497 e. The highest BCUT2D eigenvalue weighted by Crippen LogP contribution is 2.65. The molecule has 1 aromatic carbocycles. The summed E-state index contributed by atoms with van der Waals surface area (Å²) in [7, 11) is 1.49. The quantitative estimate of drug-likeness (QED) is 0.349. The predicted molar refractivity (Wildman–Crippen MR) is 112 cm³/mol. The van der Waals surface area contributed by atoms with Crippen LogP contribution in [0.25, 0.3) is 21.6 Å². The van der Waals surface area contributed by atoms with Gasteiger partial charge in [-0.25, -0.2) is 0 Å². The standard InChI is InChI=1S/C22H16F6OS2/c1-11-15(8-9-30-11)18-19(21(25,26)22(27,28)20(18,23)24)16-10-17(31-12(16)2)13-4-6-14(29-3)7-5-13/h4-10H,1-3H3. The van der Waals surface area contributed by atoms with Crippen molar-refractivity contribution < 1.29 is 31.1 Å². The molecule has 0 unspecified atom stereocenters. The van der Waals surface area contributed by atoms with Gasteiger partial charge in [-0.3, -0.25) is 0 Å². The van der Waals surface area contributed by atoms with Crippen LogP contribution in [0.5, 0.6) is 5.75 Å². The van der Waals surface area contributed by atoms with Crippen molar-refractivity contribution in [2.75, 3.05) is 7.11 Å². The molecule has 0 aliphatic heterocycles. The topological polar surface area (TPSA) is 9.23 Å². The van der Waals surface area contributed by atoms with Gasteiger partial charge in [-0.2, -0.15) is 26.3 Å². The SMILES string of the molecule is COc1ccc(-c2cc(C3=C(c4ccsc4C)C(F)(F)C(F)(F)C3(F)F)c(C)s2)cc1. The van der Waals surface area contributed by atoms with Gasteiger partial charge in [-0.15, -0.1) is 22.7 Å². The molecule has 0 amide bonds. The molecule has 31 heavy (non-hydrogen) atoms. The first-order valence-corrected chi connectivity index (χ1v) is 10.8. The van der Waals surface area contributed by atoms with Crippen LogP contribution in [0, 0.1) is 13.8 Å². The molecule has 0 fully saturated rings. The predicted octanol–water partition coefficient (Wildman–Crippen LogP) is 7.93. The number of aryl methyl sites for hydroxylation is 2. The minimum Gasteiger partial charge on any atom is -0.497 e. The van der Waals surface area contributed by atoms with Gasteiger partial charge >= 0.3 is 17.8 Å². The van der Waals surface area contributed by atoms with E-state index in [-0.39, 0.29) is 20.9 Å². The average Bonchev–Trinajstić information content (AvgIpc) is 3.32. The van der Waals surface area contributed by atoms with Gasteiger partial charge in [0.2, 0.25) is 0 Å². The summed E-state index contributed by atoms with van der Waals surface area (Å²) in [5, 5.41) is 1.42. The summed E-state index contributed by atoms with van der Waals surface area (Å²) in [4.78, 5) is 1.02. The van der Waals surface area contributed by atoms with Gasteiger partial charge in [0.15, 0.2) is 0 Å². The van der Waals surface area contributed by atoms with E-state index in [4.69, 9.17) is 4.74 Å². The maximum absolute atomic E-state index is 14.9. The third-order valence-corrected chi connectivity index (χ3v) is 7.30. The summed E-state index contributed by atoms with van der Waals surface area (Å²) in [6.45, 7) is 2.90. The monoisotopic (exact) mass is 474 g/mol. The molecule has 1 aliphatic rings. The summed E-state index contributed by atoms with van der Waals surface area (Å²) in [6, 6.07) is 9.16. The van der Waals surface area contributed by atoms with Crippen molar-refractivity contribution in [2.45, 2.75) is 31.6 Å². The van der Waals surface area contributed by atoms with E-state index in [1.165, 1.54) is 38.5 Å². The molecule has 0 N–H and O–H groups in total. The Bertz CT molecular complexity index is 1170. The average molecular weight is 474 g/mol. The Labute approximate surface area is 182 Å². The Morgan fingerprint density at radius 3 is 1.87 bits per heavy atom. The van der Waals surface area contributed by atoms with Crippen LogP contribution >= 0.6 is 22.7 Å². The highest BCUT2D eigenvalue weighted by molar-refractivity contribution is 7.15. The molecule has 1 aliphatic carbocycles. The molecule has 3 aromatic rings. The minimum atomic E-state index is -5.55. The molecular formula is C22H16F6OS2. The van der Waals surface area contributed by atoms with Crippen LogP contribution in [0.4, 0.5) is 26.3 Å². The number of ether oxygens (including phenoxy) is 1. The fourth-order valence-electron chi connectivity index (χ4n) is 3.70. The number of halogens is 6. The maximum atomic E-state index is 14.9. The number of benzene rings is 1. The maximum Gasteiger partial charge on any atom is 0.380 e. The van der Waals surface area contributed by atoms with E-state index in [9.17, 15) is 26.3 Å². The van der Waals surface area contributed by atoms with Crippen LogP contribution in [0.3, 0.4) is 0 Å². The summed E-state index contributed by atoms with van der Waals surface area (Å²) >= 11 is 2.11. The molecule has 2 aromatic heterocycles. The lowest BCUT2D eigenvalue weighted by Crippen LogP contribution is -2.48. The molecule has 1 nitrogen and oxygen atoms in total. The Kier molecular flexibility index (Phi) is 5.05. The van der Waals surface area contributed by atoms with Crippen LogP contribution in [0.2, 0.25) is 0 Å². The van der Waals surface area contributed by atoms with Crippen LogP contribution in [-0.4, -0.2) is 24.9 Å². The summed E-state index contributed by atoms with van der Waals surface area (Å²) in [5.41, 5.74) is -2.55. The van der Waals surface area contributed by atoms with Gasteiger partial charge < -0.3 is 4.74 Å². The van der Waals surface area contributed by atoms with Gasteiger partial charge in [0.05, 0.1) is 7.11 Å². The van der Waals surface area contributed by atoms with E-state index in [0.29, 0.717) is 16.2 Å². The van der Waals surface area contributed by atoms with Crippen molar-refractivity contribution in [3.8, 4) is 16.2 Å². The van der Waals surface area contributed by atoms with Gasteiger partial charge in [0.1, 0.15) is 5.75 Å². The Morgan fingerprint density at radius 2 is 1.35 bits per heavy atom. The molecule has 9 heteroatoms. The number of methoxy groups -OCH3 is 1. The molecule has 0 saturated heterocycles. The lowest BCUT2D eigenvalue weighted by molar-refractivity contribution is -0.254.